The van der Waals surface area contributed by atoms with Crippen molar-refractivity contribution in [2.45, 2.75) is 72.0 Å². The lowest BCUT2D eigenvalue weighted by molar-refractivity contribution is -0.142. The van der Waals surface area contributed by atoms with E-state index in [9.17, 15) is 18.0 Å². The van der Waals surface area contributed by atoms with Crippen LogP contribution in [0.3, 0.4) is 0 Å². The summed E-state index contributed by atoms with van der Waals surface area (Å²) in [5.41, 5.74) is 1.50. The van der Waals surface area contributed by atoms with Gasteiger partial charge >= 0.3 is 0 Å². The first-order valence-electron chi connectivity index (χ1n) is 12.2. The van der Waals surface area contributed by atoms with Gasteiger partial charge in [0.2, 0.25) is 21.8 Å². The van der Waals surface area contributed by atoms with Gasteiger partial charge in [0, 0.05) is 35.1 Å². The summed E-state index contributed by atoms with van der Waals surface area (Å²) in [6.07, 6.45) is 1.85. The van der Waals surface area contributed by atoms with Crippen LogP contribution in [0, 0.1) is 6.92 Å². The molecule has 0 aromatic heterocycles. The lowest BCUT2D eigenvalue weighted by atomic mass is 10.0. The van der Waals surface area contributed by atoms with Crippen LogP contribution < -0.4 is 9.62 Å². The zero-order chi connectivity index (χ0) is 28.0. The average molecular weight is 571 g/mol. The van der Waals surface area contributed by atoms with Gasteiger partial charge in [-0.05, 0) is 69.9 Å². The van der Waals surface area contributed by atoms with Crippen LogP contribution in [0.4, 0.5) is 5.69 Å². The van der Waals surface area contributed by atoms with Gasteiger partial charge in [-0.15, -0.1) is 0 Å². The molecule has 37 heavy (non-hydrogen) atoms. The minimum Gasteiger partial charge on any atom is -0.350 e. The first-order valence-corrected chi connectivity index (χ1v) is 14.8. The Kier molecular flexibility index (Phi) is 10.9. The monoisotopic (exact) mass is 569 g/mol. The number of carbonyl (C=O) groups excluding carboxylic acids is 2. The van der Waals surface area contributed by atoms with E-state index in [1.165, 1.54) is 9.21 Å². The predicted molar refractivity (Wildman–Crippen MR) is 152 cm³/mol. The minimum atomic E-state index is -3.62. The van der Waals surface area contributed by atoms with Crippen LogP contribution in [-0.2, 0) is 26.2 Å². The molecule has 2 aromatic rings. The summed E-state index contributed by atoms with van der Waals surface area (Å²) >= 11 is 12.5. The van der Waals surface area contributed by atoms with Crippen molar-refractivity contribution < 1.29 is 18.0 Å². The summed E-state index contributed by atoms with van der Waals surface area (Å²) in [4.78, 5) is 28.2. The molecule has 0 aliphatic carbocycles. The summed E-state index contributed by atoms with van der Waals surface area (Å²) in [6.45, 7) is 9.57. The van der Waals surface area contributed by atoms with Crippen LogP contribution in [0.15, 0.2) is 42.5 Å². The maximum Gasteiger partial charge on any atom is 0.243 e. The van der Waals surface area contributed by atoms with Gasteiger partial charge in [-0.1, -0.05) is 54.4 Å². The van der Waals surface area contributed by atoms with Gasteiger partial charge in [0.1, 0.15) is 6.04 Å². The van der Waals surface area contributed by atoms with Crippen molar-refractivity contribution in [2.24, 2.45) is 0 Å². The molecule has 0 unspecified atom stereocenters. The van der Waals surface area contributed by atoms with Gasteiger partial charge in [-0.3, -0.25) is 13.9 Å². The Hall–Kier alpha value is -2.29. The number of hydrogen-bond donors (Lipinski definition) is 1. The van der Waals surface area contributed by atoms with E-state index in [1.54, 1.807) is 37.3 Å². The standard InChI is InChI=1S/C27H37Cl2N3O4S/c1-7-23(26(34)30-27(3,4)5)31(18-20-11-8-9-12-22(20)29)25(33)13-10-16-32(37(6,35)36)24-17-21(28)15-14-19(24)2/h8-9,11-12,14-15,17,23H,7,10,13,16,18H2,1-6H3,(H,30,34)/t23-/m1/s1. The summed E-state index contributed by atoms with van der Waals surface area (Å²) in [7, 11) is -3.62. The van der Waals surface area contributed by atoms with E-state index in [2.05, 4.69) is 5.32 Å². The van der Waals surface area contributed by atoms with Gasteiger partial charge in [0.25, 0.3) is 0 Å². The van der Waals surface area contributed by atoms with Crippen molar-refractivity contribution in [3.63, 3.8) is 0 Å². The summed E-state index contributed by atoms with van der Waals surface area (Å²) < 4.78 is 26.4. The Morgan fingerprint density at radius 3 is 2.30 bits per heavy atom. The topological polar surface area (TPSA) is 86.8 Å². The van der Waals surface area contributed by atoms with Crippen LogP contribution in [-0.4, -0.2) is 49.5 Å². The second-order valence-electron chi connectivity index (χ2n) is 10.1. The van der Waals surface area contributed by atoms with E-state index in [1.807, 2.05) is 39.8 Å². The molecule has 0 spiro atoms. The van der Waals surface area contributed by atoms with Gasteiger partial charge in [-0.2, -0.15) is 0 Å². The maximum atomic E-state index is 13.5. The molecule has 0 radical (unpaired) electrons. The Bertz CT molecular complexity index is 1210. The van der Waals surface area contributed by atoms with Crippen molar-refractivity contribution >= 4 is 50.7 Å². The molecule has 0 fully saturated rings. The Balaban J connectivity index is 2.29. The quantitative estimate of drug-likeness (QED) is 0.383. The molecule has 10 heteroatoms. The predicted octanol–water partition coefficient (Wildman–Crippen LogP) is 5.57. The van der Waals surface area contributed by atoms with Gasteiger partial charge < -0.3 is 10.2 Å². The van der Waals surface area contributed by atoms with Crippen molar-refractivity contribution in [2.75, 3.05) is 17.1 Å². The molecule has 0 heterocycles. The van der Waals surface area contributed by atoms with E-state index in [0.29, 0.717) is 22.2 Å². The van der Waals surface area contributed by atoms with Crippen LogP contribution in [0.25, 0.3) is 0 Å². The highest BCUT2D eigenvalue weighted by Crippen LogP contribution is 2.27. The van der Waals surface area contributed by atoms with E-state index in [4.69, 9.17) is 23.2 Å². The Morgan fingerprint density at radius 1 is 1.08 bits per heavy atom. The number of nitrogens with zero attached hydrogens (tertiary/aromatic N) is 2. The van der Waals surface area contributed by atoms with E-state index < -0.39 is 21.6 Å². The number of sulfonamides is 1. The third-order valence-corrected chi connectivity index (χ3v) is 7.56. The largest absolute Gasteiger partial charge is 0.350 e. The maximum absolute atomic E-state index is 13.5. The summed E-state index contributed by atoms with van der Waals surface area (Å²) in [6, 6.07) is 11.6. The molecule has 1 atom stereocenters. The molecule has 2 amide bonds. The normalized spacial score (nSPS) is 12.6. The fourth-order valence-corrected chi connectivity index (χ4v) is 5.39. The molecular formula is C27H37Cl2N3O4S. The molecule has 0 aliphatic heterocycles. The van der Waals surface area contributed by atoms with E-state index in [-0.39, 0.29) is 37.7 Å². The highest BCUT2D eigenvalue weighted by atomic mass is 35.5. The number of amides is 2. The second-order valence-corrected chi connectivity index (χ2v) is 12.9. The van der Waals surface area contributed by atoms with Crippen LogP contribution in [0.2, 0.25) is 10.0 Å². The molecule has 204 valence electrons. The third-order valence-electron chi connectivity index (χ3n) is 5.77. The summed E-state index contributed by atoms with van der Waals surface area (Å²) in [5.74, 6) is -0.505. The molecule has 0 aliphatic rings. The number of carbonyl (C=O) groups is 2. The van der Waals surface area contributed by atoms with Crippen LogP contribution >= 0.6 is 23.2 Å². The number of halogens is 2. The first kappa shape index (κ1) is 30.9. The Labute approximate surface area is 231 Å². The van der Waals surface area contributed by atoms with Crippen molar-refractivity contribution in [3.8, 4) is 0 Å². The molecule has 7 nitrogen and oxygen atoms in total. The number of hydrogen-bond acceptors (Lipinski definition) is 4. The van der Waals surface area contributed by atoms with Gasteiger partial charge in [0.05, 0.1) is 11.9 Å². The average Bonchev–Trinajstić information content (AvgIpc) is 2.77. The number of anilines is 1. The fourth-order valence-electron chi connectivity index (χ4n) is 4.02. The van der Waals surface area contributed by atoms with Crippen LogP contribution in [0.5, 0.6) is 0 Å². The van der Waals surface area contributed by atoms with E-state index >= 15 is 0 Å². The molecule has 1 N–H and O–H groups in total. The van der Waals surface area contributed by atoms with Crippen molar-refractivity contribution in [1.29, 1.82) is 0 Å². The SMILES string of the molecule is CC[C@H](C(=O)NC(C)(C)C)N(Cc1ccccc1Cl)C(=O)CCCN(c1cc(Cl)ccc1C)S(C)(=O)=O. The smallest absolute Gasteiger partial charge is 0.243 e. The zero-order valence-electron chi connectivity index (χ0n) is 22.3. The zero-order valence-corrected chi connectivity index (χ0v) is 24.7. The Morgan fingerprint density at radius 2 is 1.73 bits per heavy atom. The fraction of sp³-hybridized carbons (Fsp3) is 0.481. The second kappa shape index (κ2) is 13.0. The number of rotatable bonds is 11. The number of benzene rings is 2. The van der Waals surface area contributed by atoms with Crippen molar-refractivity contribution in [3.05, 3.63) is 63.6 Å². The molecule has 0 bridgehead atoms. The van der Waals surface area contributed by atoms with Gasteiger partial charge in [-0.25, -0.2) is 8.42 Å². The molecular weight excluding hydrogens is 533 g/mol. The molecule has 2 rings (SSSR count). The summed E-state index contributed by atoms with van der Waals surface area (Å²) in [5, 5.41) is 3.90. The number of aryl methyl sites for hydroxylation is 1. The molecule has 0 saturated carbocycles. The third kappa shape index (κ3) is 9.20. The minimum absolute atomic E-state index is 0.0510. The van der Waals surface area contributed by atoms with E-state index in [0.717, 1.165) is 17.4 Å². The highest BCUT2D eigenvalue weighted by molar-refractivity contribution is 7.92. The van der Waals surface area contributed by atoms with Crippen LogP contribution in [0.1, 0.15) is 58.1 Å². The van der Waals surface area contributed by atoms with Crippen molar-refractivity contribution in [1.82, 2.24) is 10.2 Å². The molecule has 2 aromatic carbocycles. The molecule has 0 saturated heterocycles. The first-order chi connectivity index (χ1) is 17.1. The lowest BCUT2D eigenvalue weighted by Crippen LogP contribution is -2.53. The lowest BCUT2D eigenvalue weighted by Gasteiger charge is -2.33. The number of nitrogens with one attached hydrogen (secondary N) is 1. The highest BCUT2D eigenvalue weighted by Gasteiger charge is 2.31. The van der Waals surface area contributed by atoms with Gasteiger partial charge in [0.15, 0.2) is 0 Å².